The van der Waals surface area contributed by atoms with Gasteiger partial charge in [-0.1, -0.05) is 37.6 Å². The highest BCUT2D eigenvalue weighted by molar-refractivity contribution is 5.96. The number of ketones is 1. The number of unbranched alkanes of at least 4 members (excludes halogenated alkanes) is 1. The molecule has 3 rings (SSSR count). The minimum absolute atomic E-state index is 0.0426. The van der Waals surface area contributed by atoms with Crippen molar-refractivity contribution in [3.8, 4) is 5.75 Å². The molecule has 0 unspecified atom stereocenters. The van der Waals surface area contributed by atoms with E-state index < -0.39 is 0 Å². The second-order valence-corrected chi connectivity index (χ2v) is 6.38. The maximum atomic E-state index is 11.4. The van der Waals surface area contributed by atoms with E-state index >= 15 is 0 Å². The first-order valence-electron chi connectivity index (χ1n) is 8.91. The van der Waals surface area contributed by atoms with Gasteiger partial charge in [0.15, 0.2) is 11.5 Å². The number of fused-ring (bicyclic) bond motifs is 1. The molecule has 0 saturated carbocycles. The number of hydrogen-bond acceptors (Lipinski definition) is 3. The lowest BCUT2D eigenvalue weighted by Gasteiger charge is -2.07. The maximum Gasteiger partial charge on any atom is 0.194 e. The summed E-state index contributed by atoms with van der Waals surface area (Å²) in [6.07, 6.45) is 4.12. The van der Waals surface area contributed by atoms with Crippen LogP contribution in [0.25, 0.3) is 11.0 Å². The summed E-state index contributed by atoms with van der Waals surface area (Å²) in [5, 5.41) is 0.975. The Hall–Kier alpha value is -2.55. The van der Waals surface area contributed by atoms with E-state index in [0.29, 0.717) is 5.76 Å². The van der Waals surface area contributed by atoms with Crippen LogP contribution in [0.3, 0.4) is 0 Å². The molecule has 3 heteroatoms. The SMILES string of the molecule is CCCCOc1ccc(CCc2ccc3cc(C(C)=O)oc3c2)cc1. The first-order chi connectivity index (χ1) is 12.2. The number of furan rings is 1. The lowest BCUT2D eigenvalue weighted by molar-refractivity contribution is 0.0989. The van der Waals surface area contributed by atoms with Crippen molar-refractivity contribution in [1.82, 2.24) is 0 Å². The van der Waals surface area contributed by atoms with Crippen LogP contribution in [0.1, 0.15) is 48.4 Å². The van der Waals surface area contributed by atoms with Crippen molar-refractivity contribution in [3.63, 3.8) is 0 Å². The van der Waals surface area contributed by atoms with Gasteiger partial charge < -0.3 is 9.15 Å². The van der Waals surface area contributed by atoms with Crippen molar-refractivity contribution < 1.29 is 13.9 Å². The zero-order valence-corrected chi connectivity index (χ0v) is 14.9. The molecule has 0 aliphatic heterocycles. The molecule has 0 saturated heterocycles. The lowest BCUT2D eigenvalue weighted by atomic mass is 10.0. The van der Waals surface area contributed by atoms with Gasteiger partial charge in [-0.15, -0.1) is 0 Å². The molecule has 3 nitrogen and oxygen atoms in total. The fraction of sp³-hybridized carbons (Fsp3) is 0.318. The number of carbonyl (C=O) groups excluding carboxylic acids is 1. The molecule has 0 bridgehead atoms. The Labute approximate surface area is 148 Å². The molecule has 25 heavy (non-hydrogen) atoms. The number of hydrogen-bond donors (Lipinski definition) is 0. The second-order valence-electron chi connectivity index (χ2n) is 6.38. The highest BCUT2D eigenvalue weighted by Crippen LogP contribution is 2.22. The standard InChI is InChI=1S/C22H24O3/c1-3-4-13-24-20-11-8-17(9-12-20)5-6-18-7-10-19-15-21(16(2)23)25-22(19)14-18/h7-12,14-15H,3-6,13H2,1-2H3. The van der Waals surface area contributed by atoms with Gasteiger partial charge in [-0.25, -0.2) is 0 Å². The second kappa shape index (κ2) is 8.02. The zero-order valence-electron chi connectivity index (χ0n) is 14.9. The number of Topliss-reactive ketones (excluding diaryl/α,β-unsaturated/α-hetero) is 1. The van der Waals surface area contributed by atoms with E-state index in [0.717, 1.165) is 49.0 Å². The number of ether oxygens (including phenoxy) is 1. The normalized spacial score (nSPS) is 11.0. The molecule has 130 valence electrons. The van der Waals surface area contributed by atoms with Gasteiger partial charge in [0.25, 0.3) is 0 Å². The highest BCUT2D eigenvalue weighted by atomic mass is 16.5. The zero-order chi connectivity index (χ0) is 17.6. The summed E-state index contributed by atoms with van der Waals surface area (Å²) in [6, 6.07) is 16.3. The van der Waals surface area contributed by atoms with Gasteiger partial charge >= 0.3 is 0 Å². The van der Waals surface area contributed by atoms with Crippen LogP contribution in [0.4, 0.5) is 0 Å². The predicted molar refractivity (Wildman–Crippen MR) is 100 cm³/mol. The van der Waals surface area contributed by atoms with Crippen molar-refractivity contribution in [3.05, 3.63) is 65.4 Å². The molecule has 0 amide bonds. The van der Waals surface area contributed by atoms with E-state index in [-0.39, 0.29) is 5.78 Å². The third-order valence-electron chi connectivity index (χ3n) is 4.32. The molecule has 0 fully saturated rings. The van der Waals surface area contributed by atoms with Crippen LogP contribution >= 0.6 is 0 Å². The topological polar surface area (TPSA) is 39.4 Å². The van der Waals surface area contributed by atoms with Crippen LogP contribution in [-0.4, -0.2) is 12.4 Å². The summed E-state index contributed by atoms with van der Waals surface area (Å²) in [5.74, 6) is 1.32. The summed E-state index contributed by atoms with van der Waals surface area (Å²) < 4.78 is 11.3. The maximum absolute atomic E-state index is 11.4. The summed E-state index contributed by atoms with van der Waals surface area (Å²) in [6.45, 7) is 4.46. The number of carbonyl (C=O) groups is 1. The molecule has 0 atom stereocenters. The van der Waals surface area contributed by atoms with Gasteiger partial charge in [-0.3, -0.25) is 4.79 Å². The van der Waals surface area contributed by atoms with Crippen LogP contribution in [-0.2, 0) is 12.8 Å². The van der Waals surface area contributed by atoms with E-state index in [9.17, 15) is 4.79 Å². The van der Waals surface area contributed by atoms with Crippen LogP contribution in [0.2, 0.25) is 0 Å². The number of rotatable bonds is 8. The number of benzene rings is 2. The highest BCUT2D eigenvalue weighted by Gasteiger charge is 2.08. The molecule has 0 spiro atoms. The average Bonchev–Trinajstić information content (AvgIpc) is 3.05. The Morgan fingerprint density at radius 1 is 1.00 bits per heavy atom. The Morgan fingerprint density at radius 2 is 1.72 bits per heavy atom. The monoisotopic (exact) mass is 336 g/mol. The first kappa shape index (κ1) is 17.3. The average molecular weight is 336 g/mol. The van der Waals surface area contributed by atoms with Crippen LogP contribution in [0.15, 0.2) is 52.9 Å². The van der Waals surface area contributed by atoms with Gasteiger partial charge in [0.1, 0.15) is 11.3 Å². The molecule has 0 aliphatic rings. The van der Waals surface area contributed by atoms with Gasteiger partial charge in [0, 0.05) is 12.3 Å². The van der Waals surface area contributed by atoms with Gasteiger partial charge in [-0.05, 0) is 54.7 Å². The van der Waals surface area contributed by atoms with Gasteiger partial charge in [0.2, 0.25) is 0 Å². The summed E-state index contributed by atoms with van der Waals surface area (Å²) in [7, 11) is 0. The number of aryl methyl sites for hydroxylation is 2. The fourth-order valence-electron chi connectivity index (χ4n) is 2.78. The van der Waals surface area contributed by atoms with Crippen LogP contribution in [0.5, 0.6) is 5.75 Å². The predicted octanol–water partition coefficient (Wildman–Crippen LogP) is 5.60. The van der Waals surface area contributed by atoms with Crippen molar-refractivity contribution in [2.45, 2.75) is 39.5 Å². The minimum Gasteiger partial charge on any atom is -0.494 e. The molecular weight excluding hydrogens is 312 g/mol. The fourth-order valence-corrected chi connectivity index (χ4v) is 2.78. The Kier molecular flexibility index (Phi) is 5.54. The van der Waals surface area contributed by atoms with Crippen LogP contribution in [0, 0.1) is 0 Å². The molecule has 0 aliphatic carbocycles. The van der Waals surface area contributed by atoms with Crippen molar-refractivity contribution in [1.29, 1.82) is 0 Å². The van der Waals surface area contributed by atoms with E-state index in [1.807, 2.05) is 24.3 Å². The quantitative estimate of drug-likeness (QED) is 0.397. The molecule has 3 aromatic rings. The summed E-state index contributed by atoms with van der Waals surface area (Å²) in [4.78, 5) is 11.4. The van der Waals surface area contributed by atoms with Crippen LogP contribution < -0.4 is 4.74 Å². The Balaban J connectivity index is 1.61. The molecule has 1 heterocycles. The molecule has 2 aromatic carbocycles. The Morgan fingerprint density at radius 3 is 2.44 bits per heavy atom. The first-order valence-corrected chi connectivity index (χ1v) is 8.91. The van der Waals surface area contributed by atoms with Crippen molar-refractivity contribution in [2.24, 2.45) is 0 Å². The van der Waals surface area contributed by atoms with E-state index in [4.69, 9.17) is 9.15 Å². The van der Waals surface area contributed by atoms with Crippen molar-refractivity contribution >= 4 is 16.8 Å². The molecule has 0 N–H and O–H groups in total. The molecular formula is C22H24O3. The van der Waals surface area contributed by atoms with E-state index in [1.165, 1.54) is 18.1 Å². The molecule has 1 aromatic heterocycles. The van der Waals surface area contributed by atoms with E-state index in [2.05, 4.69) is 25.1 Å². The third-order valence-corrected chi connectivity index (χ3v) is 4.32. The van der Waals surface area contributed by atoms with Crippen molar-refractivity contribution in [2.75, 3.05) is 6.61 Å². The molecule has 0 radical (unpaired) electrons. The lowest BCUT2D eigenvalue weighted by Crippen LogP contribution is -1.97. The largest absolute Gasteiger partial charge is 0.494 e. The summed E-state index contributed by atoms with van der Waals surface area (Å²) in [5.41, 5.74) is 3.27. The van der Waals surface area contributed by atoms with Gasteiger partial charge in [0.05, 0.1) is 6.61 Å². The van der Waals surface area contributed by atoms with Gasteiger partial charge in [-0.2, -0.15) is 0 Å². The van der Waals surface area contributed by atoms with E-state index in [1.54, 1.807) is 6.07 Å². The third kappa shape index (κ3) is 4.50. The summed E-state index contributed by atoms with van der Waals surface area (Å²) >= 11 is 0. The minimum atomic E-state index is -0.0426. The smallest absolute Gasteiger partial charge is 0.194 e. The Bertz CT molecular complexity index is 843.